The normalized spacial score (nSPS) is 24.1. The lowest BCUT2D eigenvalue weighted by Crippen LogP contribution is -1.85. The molecule has 1 aliphatic rings. The van der Waals surface area contributed by atoms with Gasteiger partial charge in [0.2, 0.25) is 0 Å². The second kappa shape index (κ2) is 3.23. The summed E-state index contributed by atoms with van der Waals surface area (Å²) in [5.74, 6) is 1.36. The van der Waals surface area contributed by atoms with E-state index < -0.39 is 0 Å². The Labute approximate surface area is 89.3 Å². The van der Waals surface area contributed by atoms with Crippen LogP contribution in [-0.2, 0) is 0 Å². The van der Waals surface area contributed by atoms with Crippen molar-refractivity contribution >= 4 is 0 Å². The van der Waals surface area contributed by atoms with E-state index in [0.717, 1.165) is 0 Å². The van der Waals surface area contributed by atoms with Crippen LogP contribution >= 0.6 is 0 Å². The smallest absolute Gasteiger partial charge is 0.0490 e. The molecule has 0 unspecified atom stereocenters. The first-order valence-electron chi connectivity index (χ1n) is 5.40. The first-order chi connectivity index (χ1) is 7.34. The van der Waals surface area contributed by atoms with Crippen molar-refractivity contribution in [2.75, 3.05) is 0 Å². The van der Waals surface area contributed by atoms with Crippen LogP contribution in [0.3, 0.4) is 0 Å². The third-order valence-corrected chi connectivity index (χ3v) is 3.22. The van der Waals surface area contributed by atoms with Gasteiger partial charge in [-0.25, -0.2) is 0 Å². The lowest BCUT2D eigenvalue weighted by molar-refractivity contribution is 0.932. The van der Waals surface area contributed by atoms with Gasteiger partial charge in [-0.15, -0.1) is 0 Å². The van der Waals surface area contributed by atoms with Crippen LogP contribution in [0.15, 0.2) is 36.5 Å². The molecule has 1 fully saturated rings. The summed E-state index contributed by atoms with van der Waals surface area (Å²) in [7, 11) is 0. The highest BCUT2D eigenvalue weighted by Gasteiger charge is 2.40. The van der Waals surface area contributed by atoms with E-state index in [9.17, 15) is 0 Å². The number of H-pyrrole nitrogens is 1. The third-order valence-electron chi connectivity index (χ3n) is 3.22. The summed E-state index contributed by atoms with van der Waals surface area (Å²) in [5, 5.41) is 7.06. The van der Waals surface area contributed by atoms with E-state index in [4.69, 9.17) is 0 Å². The quantitative estimate of drug-likeness (QED) is 0.789. The average molecular weight is 198 g/mol. The van der Waals surface area contributed by atoms with Gasteiger partial charge >= 0.3 is 0 Å². The first kappa shape index (κ1) is 8.72. The molecule has 0 radical (unpaired) electrons. The number of nitrogens with zero attached hydrogens (tertiary/aromatic N) is 1. The first-order valence-corrected chi connectivity index (χ1v) is 5.40. The molecule has 1 aromatic heterocycles. The highest BCUT2D eigenvalue weighted by molar-refractivity contribution is 5.34. The molecule has 15 heavy (non-hydrogen) atoms. The van der Waals surface area contributed by atoms with Gasteiger partial charge in [-0.2, -0.15) is 5.10 Å². The van der Waals surface area contributed by atoms with E-state index in [-0.39, 0.29) is 0 Å². The zero-order valence-corrected chi connectivity index (χ0v) is 8.77. The fraction of sp³-hybridized carbons (Fsp3) is 0.308. The van der Waals surface area contributed by atoms with Crippen LogP contribution in [-0.4, -0.2) is 10.2 Å². The largest absolute Gasteiger partial charge is 0.282 e. The van der Waals surface area contributed by atoms with Crippen molar-refractivity contribution < 1.29 is 0 Å². The molecule has 1 saturated carbocycles. The Morgan fingerprint density at radius 2 is 1.93 bits per heavy atom. The molecule has 0 amide bonds. The Morgan fingerprint density at radius 3 is 2.60 bits per heavy atom. The fourth-order valence-electron chi connectivity index (χ4n) is 2.19. The summed E-state index contributed by atoms with van der Waals surface area (Å²) in [6, 6.07) is 11.0. The van der Waals surface area contributed by atoms with E-state index in [2.05, 4.69) is 47.5 Å². The molecule has 0 spiro atoms. The molecule has 1 aliphatic carbocycles. The molecule has 1 heterocycles. The molecule has 0 aliphatic heterocycles. The summed E-state index contributed by atoms with van der Waals surface area (Å²) >= 11 is 0. The van der Waals surface area contributed by atoms with E-state index >= 15 is 0 Å². The third kappa shape index (κ3) is 1.56. The lowest BCUT2D eigenvalue weighted by atomic mass is 10.1. The summed E-state index contributed by atoms with van der Waals surface area (Å²) in [5.41, 5.74) is 4.07. The van der Waals surface area contributed by atoms with Crippen molar-refractivity contribution in [3.05, 3.63) is 53.3 Å². The second-order valence-corrected chi connectivity index (χ2v) is 4.37. The zero-order valence-electron chi connectivity index (χ0n) is 8.77. The number of aromatic nitrogens is 2. The maximum Gasteiger partial charge on any atom is 0.0490 e. The van der Waals surface area contributed by atoms with Gasteiger partial charge in [-0.3, -0.25) is 5.10 Å². The van der Waals surface area contributed by atoms with Gasteiger partial charge in [0.1, 0.15) is 0 Å². The van der Waals surface area contributed by atoms with E-state index in [1.807, 2.05) is 6.20 Å². The van der Waals surface area contributed by atoms with Gasteiger partial charge in [0.25, 0.3) is 0 Å². The highest BCUT2D eigenvalue weighted by atomic mass is 15.1. The molecular formula is C13H14N2. The number of benzene rings is 1. The SMILES string of the molecule is Cc1ccc([C@@H]2C[C@@H]2c2ccn[nH]2)cc1. The number of aromatic amines is 1. The predicted molar refractivity (Wildman–Crippen MR) is 59.9 cm³/mol. The van der Waals surface area contributed by atoms with E-state index in [1.165, 1.54) is 23.2 Å². The minimum absolute atomic E-state index is 0.662. The van der Waals surface area contributed by atoms with Crippen molar-refractivity contribution in [1.29, 1.82) is 0 Å². The summed E-state index contributed by atoms with van der Waals surface area (Å²) in [6.45, 7) is 2.13. The Hall–Kier alpha value is -1.57. The second-order valence-electron chi connectivity index (χ2n) is 4.37. The van der Waals surface area contributed by atoms with Crippen LogP contribution in [0.4, 0.5) is 0 Å². The van der Waals surface area contributed by atoms with Crippen molar-refractivity contribution in [1.82, 2.24) is 10.2 Å². The van der Waals surface area contributed by atoms with Crippen LogP contribution in [0.25, 0.3) is 0 Å². The Kier molecular flexibility index (Phi) is 1.88. The molecule has 2 aromatic rings. The molecule has 2 heteroatoms. The molecule has 2 atom stereocenters. The van der Waals surface area contributed by atoms with Gasteiger partial charge in [-0.1, -0.05) is 29.8 Å². The summed E-state index contributed by atoms with van der Waals surface area (Å²) in [6.07, 6.45) is 3.09. The molecule has 3 rings (SSSR count). The standard InChI is InChI=1S/C13H14N2/c1-9-2-4-10(5-3-9)11-8-12(11)13-6-7-14-15-13/h2-7,11-12H,8H2,1H3,(H,14,15)/t11-,12-/m0/s1. The van der Waals surface area contributed by atoms with Crippen molar-refractivity contribution in [3.63, 3.8) is 0 Å². The van der Waals surface area contributed by atoms with E-state index in [0.29, 0.717) is 11.8 Å². The Morgan fingerprint density at radius 1 is 1.13 bits per heavy atom. The van der Waals surface area contributed by atoms with Crippen molar-refractivity contribution in [2.45, 2.75) is 25.2 Å². The predicted octanol–water partition coefficient (Wildman–Crippen LogP) is 2.99. The monoisotopic (exact) mass is 198 g/mol. The number of hydrogen-bond acceptors (Lipinski definition) is 1. The van der Waals surface area contributed by atoms with Gasteiger partial charge in [0.05, 0.1) is 0 Å². The van der Waals surface area contributed by atoms with Gasteiger partial charge < -0.3 is 0 Å². The average Bonchev–Trinajstić information content (AvgIpc) is 2.87. The molecule has 1 aromatic carbocycles. The zero-order chi connectivity index (χ0) is 10.3. The summed E-state index contributed by atoms with van der Waals surface area (Å²) in [4.78, 5) is 0. The summed E-state index contributed by atoms with van der Waals surface area (Å²) < 4.78 is 0. The fourth-order valence-corrected chi connectivity index (χ4v) is 2.19. The Balaban J connectivity index is 1.79. The number of nitrogens with one attached hydrogen (secondary N) is 1. The van der Waals surface area contributed by atoms with Crippen molar-refractivity contribution in [2.24, 2.45) is 0 Å². The molecule has 2 nitrogen and oxygen atoms in total. The highest BCUT2D eigenvalue weighted by Crippen LogP contribution is 2.53. The molecule has 0 bridgehead atoms. The van der Waals surface area contributed by atoms with Crippen LogP contribution in [0, 0.1) is 6.92 Å². The van der Waals surface area contributed by atoms with Crippen LogP contribution in [0.1, 0.15) is 35.1 Å². The van der Waals surface area contributed by atoms with Crippen LogP contribution < -0.4 is 0 Å². The molecule has 1 N–H and O–H groups in total. The molecular weight excluding hydrogens is 184 g/mol. The minimum Gasteiger partial charge on any atom is -0.282 e. The van der Waals surface area contributed by atoms with Gasteiger partial charge in [-0.05, 0) is 30.9 Å². The minimum atomic E-state index is 0.662. The number of aryl methyl sites for hydroxylation is 1. The lowest BCUT2D eigenvalue weighted by Gasteiger charge is -1.99. The van der Waals surface area contributed by atoms with Crippen LogP contribution in [0.2, 0.25) is 0 Å². The van der Waals surface area contributed by atoms with Crippen molar-refractivity contribution in [3.8, 4) is 0 Å². The van der Waals surface area contributed by atoms with Crippen LogP contribution in [0.5, 0.6) is 0 Å². The number of hydrogen-bond donors (Lipinski definition) is 1. The Bertz CT molecular complexity index is 442. The van der Waals surface area contributed by atoms with Gasteiger partial charge in [0, 0.05) is 17.8 Å². The maximum atomic E-state index is 4.00. The molecule has 0 saturated heterocycles. The van der Waals surface area contributed by atoms with E-state index in [1.54, 1.807) is 0 Å². The maximum absolute atomic E-state index is 4.00. The van der Waals surface area contributed by atoms with Gasteiger partial charge in [0.15, 0.2) is 0 Å². The number of rotatable bonds is 2. The topological polar surface area (TPSA) is 28.7 Å². The molecule has 76 valence electrons.